The van der Waals surface area contributed by atoms with Crippen molar-refractivity contribution in [2.45, 2.75) is 44.8 Å². The molecule has 1 amide bonds. The Morgan fingerprint density at radius 1 is 1.20 bits per heavy atom. The molecule has 1 aliphatic heterocycles. The number of hydrogen-bond donors (Lipinski definition) is 1. The van der Waals surface area contributed by atoms with E-state index < -0.39 is 11.9 Å². The first-order chi connectivity index (χ1) is 9.30. The number of aliphatic carboxylic acids is 1. The van der Waals surface area contributed by atoms with E-state index in [1.54, 1.807) is 0 Å². The van der Waals surface area contributed by atoms with Crippen molar-refractivity contribution in [3.8, 4) is 0 Å². The summed E-state index contributed by atoms with van der Waals surface area (Å²) in [4.78, 5) is 25.9. The molecule has 1 saturated carbocycles. The van der Waals surface area contributed by atoms with Gasteiger partial charge in [-0.15, -0.1) is 0 Å². The van der Waals surface area contributed by atoms with Gasteiger partial charge in [0.2, 0.25) is 5.91 Å². The molecule has 0 radical (unpaired) electrons. The van der Waals surface area contributed by atoms with Gasteiger partial charge in [-0.25, -0.2) is 0 Å². The number of thioether (sulfide) groups is 1. The Balaban J connectivity index is 2.05. The van der Waals surface area contributed by atoms with Crippen LogP contribution in [0.2, 0.25) is 0 Å². The van der Waals surface area contributed by atoms with E-state index in [0.29, 0.717) is 12.3 Å². The van der Waals surface area contributed by atoms with Crippen molar-refractivity contribution in [1.82, 2.24) is 4.90 Å². The molecule has 0 bridgehead atoms. The highest BCUT2D eigenvalue weighted by atomic mass is 32.2. The summed E-state index contributed by atoms with van der Waals surface area (Å²) in [6.07, 6.45) is 2.34. The molecule has 0 aromatic rings. The number of carboxylic acid groups (broad SMARTS) is 1. The van der Waals surface area contributed by atoms with Crippen molar-refractivity contribution in [3.63, 3.8) is 0 Å². The molecule has 1 N–H and O–H groups in total. The minimum absolute atomic E-state index is 0.0695. The lowest BCUT2D eigenvalue weighted by Gasteiger charge is -2.26. The summed E-state index contributed by atoms with van der Waals surface area (Å²) < 4.78 is 0.212. The fourth-order valence-electron chi connectivity index (χ4n) is 3.31. The van der Waals surface area contributed by atoms with Crippen LogP contribution in [0.5, 0.6) is 0 Å². The molecule has 0 aromatic heterocycles. The van der Waals surface area contributed by atoms with Gasteiger partial charge in [0.1, 0.15) is 0 Å². The van der Waals surface area contributed by atoms with E-state index in [0.717, 1.165) is 31.7 Å². The topological polar surface area (TPSA) is 57.6 Å². The van der Waals surface area contributed by atoms with Crippen LogP contribution < -0.4 is 0 Å². The lowest BCUT2D eigenvalue weighted by Crippen LogP contribution is -2.40. The summed E-state index contributed by atoms with van der Waals surface area (Å²) >= 11 is 1.90. The molecule has 3 atom stereocenters. The van der Waals surface area contributed by atoms with Crippen LogP contribution in [0.1, 0.15) is 40.0 Å². The Hall–Kier alpha value is -0.710. The molecule has 4 nitrogen and oxygen atoms in total. The zero-order chi connectivity index (χ0) is 14.9. The van der Waals surface area contributed by atoms with E-state index >= 15 is 0 Å². The standard InChI is InChI=1S/C15H25NO3S/c1-10-8-11(12(9-10)14(18)19)13(17)16-5-4-15(2,3)20-7-6-16/h10-12H,4-9H2,1-3H3,(H,18,19)/t10?,11-,12+/m0/s1. The van der Waals surface area contributed by atoms with Gasteiger partial charge in [0.05, 0.1) is 11.8 Å². The highest BCUT2D eigenvalue weighted by Crippen LogP contribution is 2.38. The average molecular weight is 299 g/mol. The van der Waals surface area contributed by atoms with Gasteiger partial charge in [-0.3, -0.25) is 9.59 Å². The molecule has 2 fully saturated rings. The van der Waals surface area contributed by atoms with Crippen LogP contribution in [0.25, 0.3) is 0 Å². The molecule has 20 heavy (non-hydrogen) atoms. The van der Waals surface area contributed by atoms with Gasteiger partial charge < -0.3 is 10.0 Å². The van der Waals surface area contributed by atoms with Gasteiger partial charge in [0.15, 0.2) is 0 Å². The van der Waals surface area contributed by atoms with Gasteiger partial charge in [0, 0.05) is 23.6 Å². The van der Waals surface area contributed by atoms with Crippen LogP contribution in [-0.4, -0.2) is 45.5 Å². The maximum absolute atomic E-state index is 12.7. The van der Waals surface area contributed by atoms with Crippen LogP contribution in [0.4, 0.5) is 0 Å². The summed E-state index contributed by atoms with van der Waals surface area (Å²) in [5, 5.41) is 9.31. The fraction of sp³-hybridized carbons (Fsp3) is 0.867. The number of hydrogen-bond acceptors (Lipinski definition) is 3. The number of nitrogens with zero attached hydrogens (tertiary/aromatic N) is 1. The first kappa shape index (κ1) is 15.7. The van der Waals surface area contributed by atoms with Crippen molar-refractivity contribution in [2.24, 2.45) is 17.8 Å². The van der Waals surface area contributed by atoms with Gasteiger partial charge in [-0.05, 0) is 25.2 Å². The van der Waals surface area contributed by atoms with Crippen LogP contribution in [0.15, 0.2) is 0 Å². The summed E-state index contributed by atoms with van der Waals surface area (Å²) in [7, 11) is 0. The lowest BCUT2D eigenvalue weighted by atomic mass is 9.94. The van der Waals surface area contributed by atoms with Crippen molar-refractivity contribution >= 4 is 23.6 Å². The van der Waals surface area contributed by atoms with E-state index in [4.69, 9.17) is 0 Å². The zero-order valence-corrected chi connectivity index (χ0v) is 13.4. The fourth-order valence-corrected chi connectivity index (χ4v) is 4.41. The predicted octanol–water partition coefficient (Wildman–Crippen LogP) is 2.48. The number of rotatable bonds is 2. The van der Waals surface area contributed by atoms with Crippen LogP contribution in [-0.2, 0) is 9.59 Å². The molecular weight excluding hydrogens is 274 g/mol. The normalized spacial score (nSPS) is 33.8. The number of carboxylic acids is 1. The van der Waals surface area contributed by atoms with Crippen LogP contribution in [0.3, 0.4) is 0 Å². The van der Waals surface area contributed by atoms with E-state index in [2.05, 4.69) is 13.8 Å². The Bertz CT molecular complexity index is 397. The molecular formula is C15H25NO3S. The molecule has 1 heterocycles. The second-order valence-electron chi connectivity index (χ2n) is 6.81. The summed E-state index contributed by atoms with van der Waals surface area (Å²) in [6.45, 7) is 7.98. The van der Waals surface area contributed by atoms with Gasteiger partial charge >= 0.3 is 5.97 Å². The average Bonchev–Trinajstić information content (AvgIpc) is 2.65. The lowest BCUT2D eigenvalue weighted by molar-refractivity contribution is -0.149. The Morgan fingerprint density at radius 3 is 2.50 bits per heavy atom. The SMILES string of the molecule is CC1C[C@H](C(=O)N2CCSC(C)(C)CC2)[C@H](C(=O)O)C1. The monoisotopic (exact) mass is 299 g/mol. The van der Waals surface area contributed by atoms with Crippen molar-refractivity contribution in [2.75, 3.05) is 18.8 Å². The smallest absolute Gasteiger partial charge is 0.307 e. The van der Waals surface area contributed by atoms with Gasteiger partial charge in [-0.2, -0.15) is 11.8 Å². The van der Waals surface area contributed by atoms with E-state index in [9.17, 15) is 14.7 Å². The third-order valence-corrected chi connectivity index (χ3v) is 5.95. The van der Waals surface area contributed by atoms with E-state index in [1.165, 1.54) is 0 Å². The molecule has 2 aliphatic rings. The zero-order valence-electron chi connectivity index (χ0n) is 12.6. The first-order valence-electron chi connectivity index (χ1n) is 7.46. The minimum Gasteiger partial charge on any atom is -0.481 e. The Labute approximate surface area is 125 Å². The van der Waals surface area contributed by atoms with Gasteiger partial charge in [0.25, 0.3) is 0 Å². The molecule has 1 aliphatic carbocycles. The van der Waals surface area contributed by atoms with Crippen molar-refractivity contribution in [1.29, 1.82) is 0 Å². The molecule has 0 aromatic carbocycles. The second-order valence-corrected chi connectivity index (χ2v) is 8.61. The molecule has 2 rings (SSSR count). The van der Waals surface area contributed by atoms with Crippen LogP contribution >= 0.6 is 11.8 Å². The number of carbonyl (C=O) groups is 2. The van der Waals surface area contributed by atoms with Crippen molar-refractivity contribution in [3.05, 3.63) is 0 Å². The Kier molecular flexibility index (Phi) is 4.67. The Morgan fingerprint density at radius 2 is 1.85 bits per heavy atom. The minimum atomic E-state index is -0.808. The van der Waals surface area contributed by atoms with E-state index in [-0.39, 0.29) is 16.6 Å². The molecule has 0 spiro atoms. The molecule has 1 unspecified atom stereocenters. The molecule has 114 valence electrons. The maximum Gasteiger partial charge on any atom is 0.307 e. The largest absolute Gasteiger partial charge is 0.481 e. The third-order valence-electron chi connectivity index (χ3n) is 4.58. The summed E-state index contributed by atoms with van der Waals surface area (Å²) in [5.74, 6) is -0.256. The maximum atomic E-state index is 12.7. The van der Waals surface area contributed by atoms with Gasteiger partial charge in [-0.1, -0.05) is 20.8 Å². The quantitative estimate of drug-likeness (QED) is 0.851. The second kappa shape index (κ2) is 5.96. The number of amides is 1. The third kappa shape index (κ3) is 3.48. The summed E-state index contributed by atoms with van der Waals surface area (Å²) in [5.41, 5.74) is 0. The van der Waals surface area contributed by atoms with Crippen LogP contribution in [0, 0.1) is 17.8 Å². The van der Waals surface area contributed by atoms with E-state index in [1.807, 2.05) is 23.6 Å². The highest BCUT2D eigenvalue weighted by molar-refractivity contribution is 8.00. The predicted molar refractivity (Wildman–Crippen MR) is 80.7 cm³/mol. The number of carbonyl (C=O) groups excluding carboxylic acids is 1. The highest BCUT2D eigenvalue weighted by Gasteiger charge is 2.43. The first-order valence-corrected chi connectivity index (χ1v) is 8.44. The summed E-state index contributed by atoms with van der Waals surface area (Å²) in [6, 6.07) is 0. The molecule has 1 saturated heterocycles. The van der Waals surface area contributed by atoms with Crippen molar-refractivity contribution < 1.29 is 14.7 Å². The molecule has 5 heteroatoms.